The molecule has 0 aliphatic heterocycles. The van der Waals surface area contributed by atoms with Crippen LogP contribution in [-0.4, -0.2) is 34.1 Å². The maximum Gasteiger partial charge on any atom is 0.151 e. The monoisotopic (exact) mass is 288 g/mol. The van der Waals surface area contributed by atoms with Gasteiger partial charge in [0, 0.05) is 6.26 Å². The van der Waals surface area contributed by atoms with Gasteiger partial charge in [0.15, 0.2) is 9.84 Å². The summed E-state index contributed by atoms with van der Waals surface area (Å²) >= 11 is 0. The molecular formula is C12H20N2O4S. The molecule has 1 aromatic carbocycles. The quantitative estimate of drug-likeness (QED) is 0.590. The van der Waals surface area contributed by atoms with Gasteiger partial charge in [-0.2, -0.15) is 0 Å². The first-order valence-electron chi connectivity index (χ1n) is 5.72. The van der Waals surface area contributed by atoms with Crippen LogP contribution < -0.4 is 20.7 Å². The Balaban J connectivity index is 3.39. The van der Waals surface area contributed by atoms with Gasteiger partial charge in [0.2, 0.25) is 0 Å². The zero-order chi connectivity index (χ0) is 14.6. The highest BCUT2D eigenvalue weighted by Gasteiger charge is 2.31. The number of hydrogen-bond donors (Lipinski definition) is 2. The lowest BCUT2D eigenvalue weighted by atomic mass is 10.0. The molecule has 2 atom stereocenters. The third kappa shape index (κ3) is 3.37. The summed E-state index contributed by atoms with van der Waals surface area (Å²) in [5.41, 5.74) is 3.13. The van der Waals surface area contributed by atoms with Crippen LogP contribution in [0.2, 0.25) is 0 Å². The lowest BCUT2D eigenvalue weighted by molar-refractivity contribution is 0.369. The van der Waals surface area contributed by atoms with Crippen molar-refractivity contribution in [3.05, 3.63) is 23.8 Å². The molecule has 0 aromatic heterocycles. The second kappa shape index (κ2) is 6.23. The van der Waals surface area contributed by atoms with Crippen LogP contribution in [0.15, 0.2) is 18.2 Å². The number of ether oxygens (including phenoxy) is 2. The molecule has 0 amide bonds. The van der Waals surface area contributed by atoms with E-state index in [-0.39, 0.29) is 0 Å². The van der Waals surface area contributed by atoms with Gasteiger partial charge in [-0.25, -0.2) is 8.42 Å². The number of methoxy groups -OCH3 is 2. The Bertz CT molecular complexity index is 508. The first-order valence-corrected chi connectivity index (χ1v) is 7.68. The molecule has 2 unspecified atom stereocenters. The molecule has 6 nitrogen and oxygen atoms in total. The molecular weight excluding hydrogens is 268 g/mol. The van der Waals surface area contributed by atoms with Crippen LogP contribution in [0.5, 0.6) is 11.5 Å². The van der Waals surface area contributed by atoms with E-state index in [0.717, 1.165) is 0 Å². The Kier molecular flexibility index (Phi) is 5.16. The predicted molar refractivity (Wildman–Crippen MR) is 73.9 cm³/mol. The third-order valence-electron chi connectivity index (χ3n) is 3.10. The van der Waals surface area contributed by atoms with Crippen molar-refractivity contribution in [1.29, 1.82) is 0 Å². The molecule has 1 aromatic rings. The number of nitrogens with two attached hydrogens (primary N) is 1. The maximum absolute atomic E-state index is 11.7. The second-order valence-electron chi connectivity index (χ2n) is 4.26. The van der Waals surface area contributed by atoms with Crippen molar-refractivity contribution >= 4 is 9.84 Å². The Labute approximate surface area is 113 Å². The summed E-state index contributed by atoms with van der Waals surface area (Å²) < 4.78 is 34.0. The van der Waals surface area contributed by atoms with Gasteiger partial charge in [-0.05, 0) is 19.1 Å². The molecule has 0 saturated carbocycles. The van der Waals surface area contributed by atoms with Gasteiger partial charge in [0.05, 0.1) is 31.1 Å². The fraction of sp³-hybridized carbons (Fsp3) is 0.500. The molecule has 7 heteroatoms. The SMILES string of the molecule is COc1cccc(OC)c1C(NN)C(C)S(C)(=O)=O. The van der Waals surface area contributed by atoms with E-state index in [1.807, 2.05) is 0 Å². The number of nitrogens with one attached hydrogen (secondary N) is 1. The van der Waals surface area contributed by atoms with Crippen molar-refractivity contribution in [3.63, 3.8) is 0 Å². The fourth-order valence-electron chi connectivity index (χ4n) is 1.89. The number of hydrogen-bond acceptors (Lipinski definition) is 6. The largest absolute Gasteiger partial charge is 0.496 e. The molecule has 0 spiro atoms. The number of sulfone groups is 1. The van der Waals surface area contributed by atoms with Gasteiger partial charge in [-0.15, -0.1) is 0 Å². The molecule has 0 radical (unpaired) electrons. The van der Waals surface area contributed by atoms with Gasteiger partial charge in [-0.3, -0.25) is 11.3 Å². The van der Waals surface area contributed by atoms with Gasteiger partial charge in [0.1, 0.15) is 11.5 Å². The van der Waals surface area contributed by atoms with E-state index < -0.39 is 21.1 Å². The van der Waals surface area contributed by atoms with E-state index in [1.165, 1.54) is 20.5 Å². The Morgan fingerprint density at radius 2 is 1.68 bits per heavy atom. The van der Waals surface area contributed by atoms with Crippen LogP contribution in [0.1, 0.15) is 18.5 Å². The van der Waals surface area contributed by atoms with E-state index in [2.05, 4.69) is 5.43 Å². The summed E-state index contributed by atoms with van der Waals surface area (Å²) in [4.78, 5) is 0. The minimum absolute atomic E-state index is 0.526. The first kappa shape index (κ1) is 15.7. The standard InChI is InChI=1S/C12H20N2O4S/c1-8(19(4,15)16)12(14-13)11-9(17-2)6-5-7-10(11)18-3/h5-8,12,14H,13H2,1-4H3. The molecule has 0 aliphatic carbocycles. The van der Waals surface area contributed by atoms with Gasteiger partial charge in [0.25, 0.3) is 0 Å². The molecule has 19 heavy (non-hydrogen) atoms. The smallest absolute Gasteiger partial charge is 0.151 e. The molecule has 0 saturated heterocycles. The van der Waals surface area contributed by atoms with Crippen LogP contribution in [0.4, 0.5) is 0 Å². The molecule has 3 N–H and O–H groups in total. The maximum atomic E-state index is 11.7. The van der Waals surface area contributed by atoms with Crippen LogP contribution >= 0.6 is 0 Å². The molecule has 0 fully saturated rings. The Hall–Kier alpha value is -1.31. The van der Waals surface area contributed by atoms with Crippen molar-refractivity contribution in [3.8, 4) is 11.5 Å². The van der Waals surface area contributed by atoms with Crippen molar-refractivity contribution in [2.45, 2.75) is 18.2 Å². The number of rotatable bonds is 6. The highest BCUT2D eigenvalue weighted by Crippen LogP contribution is 2.36. The zero-order valence-corrected chi connectivity index (χ0v) is 12.3. The second-order valence-corrected chi connectivity index (χ2v) is 6.66. The number of benzene rings is 1. The summed E-state index contributed by atoms with van der Waals surface area (Å²) in [6.07, 6.45) is 1.17. The zero-order valence-electron chi connectivity index (χ0n) is 11.5. The summed E-state index contributed by atoms with van der Waals surface area (Å²) in [5.74, 6) is 6.58. The normalized spacial score (nSPS) is 14.8. The average Bonchev–Trinajstić information content (AvgIpc) is 2.38. The lowest BCUT2D eigenvalue weighted by Gasteiger charge is -2.25. The lowest BCUT2D eigenvalue weighted by Crippen LogP contribution is -2.39. The van der Waals surface area contributed by atoms with Crippen LogP contribution in [0.3, 0.4) is 0 Å². The summed E-state index contributed by atoms with van der Waals surface area (Å²) in [6.45, 7) is 1.59. The van der Waals surface area contributed by atoms with Gasteiger partial charge >= 0.3 is 0 Å². The van der Waals surface area contributed by atoms with Gasteiger partial charge < -0.3 is 9.47 Å². The summed E-state index contributed by atoms with van der Waals surface area (Å²) in [6, 6.07) is 4.61. The highest BCUT2D eigenvalue weighted by atomic mass is 32.2. The average molecular weight is 288 g/mol. The molecule has 108 valence electrons. The van der Waals surface area contributed by atoms with E-state index in [1.54, 1.807) is 25.1 Å². The van der Waals surface area contributed by atoms with Crippen molar-refractivity contribution < 1.29 is 17.9 Å². The van der Waals surface area contributed by atoms with Crippen molar-refractivity contribution in [2.75, 3.05) is 20.5 Å². The summed E-state index contributed by atoms with van der Waals surface area (Å²) in [5, 5.41) is -0.720. The van der Waals surface area contributed by atoms with Crippen LogP contribution in [-0.2, 0) is 9.84 Å². The summed E-state index contributed by atoms with van der Waals surface area (Å²) in [7, 11) is -0.244. The highest BCUT2D eigenvalue weighted by molar-refractivity contribution is 7.91. The van der Waals surface area contributed by atoms with E-state index >= 15 is 0 Å². The van der Waals surface area contributed by atoms with E-state index in [4.69, 9.17) is 15.3 Å². The first-order chi connectivity index (χ1) is 8.86. The molecule has 1 rings (SSSR count). The molecule has 0 heterocycles. The van der Waals surface area contributed by atoms with Crippen LogP contribution in [0.25, 0.3) is 0 Å². The third-order valence-corrected chi connectivity index (χ3v) is 4.72. The minimum atomic E-state index is -3.27. The predicted octanol–water partition coefficient (Wildman–Crippen LogP) is 0.641. The Morgan fingerprint density at radius 3 is 2.00 bits per heavy atom. The van der Waals surface area contributed by atoms with E-state index in [9.17, 15) is 8.42 Å². The number of hydrazine groups is 1. The fourth-order valence-corrected chi connectivity index (χ4v) is 2.60. The Morgan fingerprint density at radius 1 is 1.21 bits per heavy atom. The molecule has 0 bridgehead atoms. The minimum Gasteiger partial charge on any atom is -0.496 e. The van der Waals surface area contributed by atoms with Gasteiger partial charge in [-0.1, -0.05) is 6.07 Å². The van der Waals surface area contributed by atoms with E-state index in [0.29, 0.717) is 17.1 Å². The molecule has 0 aliphatic rings. The topological polar surface area (TPSA) is 90.7 Å². The van der Waals surface area contributed by atoms with Crippen molar-refractivity contribution in [2.24, 2.45) is 5.84 Å². The van der Waals surface area contributed by atoms with Crippen LogP contribution in [0, 0.1) is 0 Å². The van der Waals surface area contributed by atoms with Crippen molar-refractivity contribution in [1.82, 2.24) is 5.43 Å².